The summed E-state index contributed by atoms with van der Waals surface area (Å²) < 4.78 is 19.7. The van der Waals surface area contributed by atoms with Crippen LogP contribution < -0.4 is 0 Å². The van der Waals surface area contributed by atoms with E-state index in [0.29, 0.717) is 32.4 Å². The number of esters is 3. The van der Waals surface area contributed by atoms with Crippen molar-refractivity contribution in [1.82, 2.24) is 4.90 Å². The third-order valence-electron chi connectivity index (χ3n) is 3.18. The first-order chi connectivity index (χ1) is 12.4. The van der Waals surface area contributed by atoms with Gasteiger partial charge < -0.3 is 24.1 Å². The van der Waals surface area contributed by atoms with Gasteiger partial charge in [-0.25, -0.2) is 19.2 Å². The van der Waals surface area contributed by atoms with Crippen LogP contribution in [-0.4, -0.2) is 86.6 Å². The number of aliphatic carboxylic acids is 1. The van der Waals surface area contributed by atoms with Gasteiger partial charge in [0.2, 0.25) is 0 Å². The SMILES string of the molecule is COC(=O)/C=C/C(=O)OCC(CN1CCOCC1)OC(=O)/C=C/C(=O)O. The molecule has 0 aliphatic carbocycles. The molecule has 0 aromatic heterocycles. The molecule has 0 bridgehead atoms. The van der Waals surface area contributed by atoms with Crippen molar-refractivity contribution in [3.63, 3.8) is 0 Å². The second-order valence-electron chi connectivity index (χ2n) is 5.13. The van der Waals surface area contributed by atoms with E-state index in [0.717, 1.165) is 18.2 Å². The van der Waals surface area contributed by atoms with E-state index in [2.05, 4.69) is 4.74 Å². The third kappa shape index (κ3) is 9.55. The van der Waals surface area contributed by atoms with E-state index in [1.807, 2.05) is 4.90 Å². The fourth-order valence-electron chi connectivity index (χ4n) is 1.97. The molecule has 0 radical (unpaired) electrons. The van der Waals surface area contributed by atoms with Crippen LogP contribution in [0.5, 0.6) is 0 Å². The molecule has 1 unspecified atom stereocenters. The molecule has 1 fully saturated rings. The van der Waals surface area contributed by atoms with E-state index in [-0.39, 0.29) is 13.2 Å². The standard InChI is InChI=1S/C16H21NO9/c1-23-14(20)4-5-15(21)25-11-12(10-17-6-8-24-9-7-17)26-16(22)3-2-13(18)19/h2-5,12H,6-11H2,1H3,(H,18,19)/b3-2+,5-4+. The Kier molecular flexibility index (Phi) is 9.65. The van der Waals surface area contributed by atoms with Gasteiger partial charge in [0.1, 0.15) is 12.7 Å². The molecule has 26 heavy (non-hydrogen) atoms. The summed E-state index contributed by atoms with van der Waals surface area (Å²) in [6.45, 7) is 2.32. The molecule has 0 saturated carbocycles. The number of morpholine rings is 1. The van der Waals surface area contributed by atoms with E-state index < -0.39 is 30.0 Å². The zero-order chi connectivity index (χ0) is 19.4. The topological polar surface area (TPSA) is 129 Å². The maximum atomic E-state index is 11.7. The van der Waals surface area contributed by atoms with Crippen LogP contribution in [-0.2, 0) is 38.1 Å². The van der Waals surface area contributed by atoms with Crippen LogP contribution in [0, 0.1) is 0 Å². The van der Waals surface area contributed by atoms with Crippen LogP contribution in [0.1, 0.15) is 0 Å². The minimum Gasteiger partial charge on any atom is -0.478 e. The van der Waals surface area contributed by atoms with Crippen LogP contribution in [0.4, 0.5) is 0 Å². The van der Waals surface area contributed by atoms with Crippen LogP contribution in [0.3, 0.4) is 0 Å². The maximum absolute atomic E-state index is 11.7. The van der Waals surface area contributed by atoms with E-state index in [1.54, 1.807) is 0 Å². The Labute approximate surface area is 149 Å². The quantitative estimate of drug-likeness (QED) is 0.311. The molecule has 10 nitrogen and oxygen atoms in total. The summed E-state index contributed by atoms with van der Waals surface area (Å²) in [6.07, 6.45) is 2.41. The van der Waals surface area contributed by atoms with Gasteiger partial charge in [0.25, 0.3) is 0 Å². The van der Waals surface area contributed by atoms with Crippen molar-refractivity contribution in [3.05, 3.63) is 24.3 Å². The first-order valence-corrected chi connectivity index (χ1v) is 7.75. The largest absolute Gasteiger partial charge is 0.478 e. The van der Waals surface area contributed by atoms with Crippen LogP contribution in [0.15, 0.2) is 24.3 Å². The molecule has 0 aromatic rings. The number of carboxylic acids is 1. The van der Waals surface area contributed by atoms with E-state index in [4.69, 9.17) is 19.3 Å². The first kappa shape index (κ1) is 21.3. The van der Waals surface area contributed by atoms with E-state index in [9.17, 15) is 19.2 Å². The summed E-state index contributed by atoms with van der Waals surface area (Å²) in [5.41, 5.74) is 0. The Morgan fingerprint density at radius 2 is 1.65 bits per heavy atom. The molecule has 1 N–H and O–H groups in total. The number of nitrogens with zero attached hydrogens (tertiary/aromatic N) is 1. The number of rotatable bonds is 9. The number of hydrogen-bond acceptors (Lipinski definition) is 9. The average Bonchev–Trinajstić information content (AvgIpc) is 2.63. The van der Waals surface area contributed by atoms with Crippen molar-refractivity contribution in [2.75, 3.05) is 46.6 Å². The summed E-state index contributed by atoms with van der Waals surface area (Å²) in [4.78, 5) is 46.6. The van der Waals surface area contributed by atoms with Gasteiger partial charge in [0, 0.05) is 43.9 Å². The van der Waals surface area contributed by atoms with Gasteiger partial charge in [-0.05, 0) is 0 Å². The molecule has 10 heteroatoms. The van der Waals surface area contributed by atoms with Gasteiger partial charge in [-0.15, -0.1) is 0 Å². The second kappa shape index (κ2) is 11.8. The predicted molar refractivity (Wildman–Crippen MR) is 86.0 cm³/mol. The van der Waals surface area contributed by atoms with Crippen molar-refractivity contribution in [1.29, 1.82) is 0 Å². The minimum absolute atomic E-state index is 0.256. The number of ether oxygens (including phenoxy) is 4. The monoisotopic (exact) mass is 371 g/mol. The van der Waals surface area contributed by atoms with Crippen LogP contribution in [0.2, 0.25) is 0 Å². The van der Waals surface area contributed by atoms with E-state index >= 15 is 0 Å². The zero-order valence-electron chi connectivity index (χ0n) is 14.3. The Hall–Kier alpha value is -2.72. The van der Waals surface area contributed by atoms with Gasteiger partial charge in [-0.1, -0.05) is 0 Å². The molecule has 0 amide bonds. The normalized spacial score (nSPS) is 16.3. The van der Waals surface area contributed by atoms with Crippen molar-refractivity contribution < 1.29 is 43.2 Å². The smallest absolute Gasteiger partial charge is 0.331 e. The second-order valence-corrected chi connectivity index (χ2v) is 5.13. The zero-order valence-corrected chi connectivity index (χ0v) is 14.3. The molecule has 144 valence electrons. The fraction of sp³-hybridized carbons (Fsp3) is 0.500. The molecular weight excluding hydrogens is 350 g/mol. The van der Waals surface area contributed by atoms with Crippen LogP contribution in [0.25, 0.3) is 0 Å². The first-order valence-electron chi connectivity index (χ1n) is 7.75. The van der Waals surface area contributed by atoms with E-state index in [1.165, 1.54) is 7.11 Å². The van der Waals surface area contributed by atoms with Gasteiger partial charge in [0.05, 0.1) is 20.3 Å². The Morgan fingerprint density at radius 1 is 1.04 bits per heavy atom. The lowest BCUT2D eigenvalue weighted by molar-refractivity contribution is -0.154. The number of carboxylic acid groups (broad SMARTS) is 1. The molecule has 1 atom stereocenters. The molecular formula is C16H21NO9. The lowest BCUT2D eigenvalue weighted by Crippen LogP contribution is -2.43. The number of carbonyl (C=O) groups excluding carboxylic acids is 3. The summed E-state index contributed by atoms with van der Waals surface area (Å²) in [6, 6.07) is 0. The third-order valence-corrected chi connectivity index (χ3v) is 3.18. The Bertz CT molecular complexity index is 564. The van der Waals surface area contributed by atoms with Gasteiger partial charge >= 0.3 is 23.9 Å². The lowest BCUT2D eigenvalue weighted by Gasteiger charge is -2.29. The Morgan fingerprint density at radius 3 is 2.27 bits per heavy atom. The van der Waals surface area contributed by atoms with Gasteiger partial charge in [0.15, 0.2) is 0 Å². The van der Waals surface area contributed by atoms with Crippen LogP contribution >= 0.6 is 0 Å². The summed E-state index contributed by atoms with van der Waals surface area (Å²) in [5.74, 6) is -3.67. The molecule has 1 saturated heterocycles. The number of methoxy groups -OCH3 is 1. The van der Waals surface area contributed by atoms with Crippen molar-refractivity contribution in [2.45, 2.75) is 6.10 Å². The maximum Gasteiger partial charge on any atom is 0.331 e. The molecule has 1 aliphatic rings. The highest BCUT2D eigenvalue weighted by Gasteiger charge is 2.21. The molecule has 0 spiro atoms. The molecule has 1 aliphatic heterocycles. The van der Waals surface area contributed by atoms with Crippen molar-refractivity contribution in [2.24, 2.45) is 0 Å². The highest BCUT2D eigenvalue weighted by atomic mass is 16.6. The predicted octanol–water partition coefficient (Wildman–Crippen LogP) is -0.856. The van der Waals surface area contributed by atoms with Gasteiger partial charge in [-0.3, -0.25) is 4.90 Å². The number of carbonyl (C=O) groups is 4. The molecule has 1 heterocycles. The molecule has 0 aromatic carbocycles. The minimum atomic E-state index is -1.29. The summed E-state index contributed by atoms with van der Waals surface area (Å²) >= 11 is 0. The highest BCUT2D eigenvalue weighted by Crippen LogP contribution is 2.04. The summed E-state index contributed by atoms with van der Waals surface area (Å²) in [7, 11) is 1.17. The highest BCUT2D eigenvalue weighted by molar-refractivity contribution is 5.92. The fourth-order valence-corrected chi connectivity index (χ4v) is 1.97. The summed E-state index contributed by atoms with van der Waals surface area (Å²) in [5, 5.41) is 8.53. The Balaban J connectivity index is 2.59. The average molecular weight is 371 g/mol. The van der Waals surface area contributed by atoms with Crippen molar-refractivity contribution >= 4 is 23.9 Å². The molecule has 1 rings (SSSR count). The van der Waals surface area contributed by atoms with Gasteiger partial charge in [-0.2, -0.15) is 0 Å². The lowest BCUT2D eigenvalue weighted by atomic mass is 10.3. The van der Waals surface area contributed by atoms with Crippen molar-refractivity contribution in [3.8, 4) is 0 Å². The number of hydrogen-bond donors (Lipinski definition) is 1.